The van der Waals surface area contributed by atoms with Gasteiger partial charge in [0, 0.05) is 24.5 Å². The van der Waals surface area contributed by atoms with E-state index in [9.17, 15) is 9.59 Å². The number of rotatable bonds is 6. The zero-order valence-electron chi connectivity index (χ0n) is 12.9. The van der Waals surface area contributed by atoms with Crippen molar-refractivity contribution in [3.63, 3.8) is 0 Å². The fourth-order valence-electron chi connectivity index (χ4n) is 2.52. The monoisotopic (exact) mass is 324 g/mol. The van der Waals surface area contributed by atoms with E-state index in [0.29, 0.717) is 29.5 Å². The average Bonchev–Trinajstić information content (AvgIpc) is 2.89. The topological polar surface area (TPSA) is 58.6 Å². The highest BCUT2D eigenvalue weighted by Gasteiger charge is 2.36. The first-order valence-electron chi connectivity index (χ1n) is 7.48. The van der Waals surface area contributed by atoms with E-state index in [1.165, 1.54) is 0 Å². The first-order chi connectivity index (χ1) is 10.6. The van der Waals surface area contributed by atoms with Crippen molar-refractivity contribution in [3.05, 3.63) is 23.2 Å². The molecular weight excluding hydrogens is 304 g/mol. The van der Waals surface area contributed by atoms with E-state index in [1.54, 1.807) is 30.2 Å². The maximum absolute atomic E-state index is 12.2. The second-order valence-electron chi connectivity index (χ2n) is 5.37. The van der Waals surface area contributed by atoms with E-state index in [2.05, 4.69) is 12.2 Å². The molecule has 1 atom stereocenters. The van der Waals surface area contributed by atoms with Crippen molar-refractivity contribution < 1.29 is 14.3 Å². The number of amides is 2. The van der Waals surface area contributed by atoms with E-state index in [0.717, 1.165) is 12.8 Å². The maximum Gasteiger partial charge on any atom is 0.227 e. The summed E-state index contributed by atoms with van der Waals surface area (Å²) < 4.78 is 5.28. The van der Waals surface area contributed by atoms with Gasteiger partial charge in [-0.15, -0.1) is 0 Å². The average molecular weight is 325 g/mol. The number of carbonyl (C=O) groups is 2. The number of methoxy groups -OCH3 is 1. The molecule has 1 saturated heterocycles. The zero-order valence-corrected chi connectivity index (χ0v) is 13.7. The van der Waals surface area contributed by atoms with Gasteiger partial charge in [-0.25, -0.2) is 0 Å². The molecular formula is C16H21ClN2O3. The van der Waals surface area contributed by atoms with Crippen molar-refractivity contribution in [2.45, 2.75) is 26.2 Å². The van der Waals surface area contributed by atoms with Crippen LogP contribution < -0.4 is 15.0 Å². The lowest BCUT2D eigenvalue weighted by molar-refractivity contribution is -0.126. The van der Waals surface area contributed by atoms with Crippen LogP contribution in [0.15, 0.2) is 18.2 Å². The molecule has 6 heteroatoms. The molecule has 1 unspecified atom stereocenters. The Morgan fingerprint density at radius 2 is 2.27 bits per heavy atom. The molecule has 2 amide bonds. The van der Waals surface area contributed by atoms with E-state index in [1.807, 2.05) is 0 Å². The van der Waals surface area contributed by atoms with Gasteiger partial charge in [0.25, 0.3) is 0 Å². The fraction of sp³-hybridized carbons (Fsp3) is 0.500. The lowest BCUT2D eigenvalue weighted by Crippen LogP contribution is -2.33. The van der Waals surface area contributed by atoms with E-state index < -0.39 is 0 Å². The van der Waals surface area contributed by atoms with Crippen LogP contribution in [0.4, 0.5) is 5.69 Å². The first-order valence-corrected chi connectivity index (χ1v) is 7.86. The van der Waals surface area contributed by atoms with Crippen LogP contribution in [0.2, 0.25) is 5.02 Å². The van der Waals surface area contributed by atoms with Gasteiger partial charge in [-0.3, -0.25) is 9.59 Å². The summed E-state index contributed by atoms with van der Waals surface area (Å²) in [6, 6.07) is 5.12. The van der Waals surface area contributed by atoms with Crippen LogP contribution >= 0.6 is 11.6 Å². The van der Waals surface area contributed by atoms with Gasteiger partial charge in [0.2, 0.25) is 11.8 Å². The van der Waals surface area contributed by atoms with Crippen LogP contribution in [0.25, 0.3) is 0 Å². The Morgan fingerprint density at radius 1 is 1.50 bits per heavy atom. The fourth-order valence-corrected chi connectivity index (χ4v) is 2.69. The SMILES string of the molecule is CCCCNC(=O)C1CC(=O)N(c2cc(Cl)ccc2OC)C1. The van der Waals surface area contributed by atoms with Gasteiger partial charge in [-0.2, -0.15) is 0 Å². The van der Waals surface area contributed by atoms with E-state index in [-0.39, 0.29) is 24.2 Å². The van der Waals surface area contributed by atoms with Crippen LogP contribution in [0.3, 0.4) is 0 Å². The molecule has 0 bridgehead atoms. The number of nitrogens with zero attached hydrogens (tertiary/aromatic N) is 1. The third-order valence-electron chi connectivity index (χ3n) is 3.76. The zero-order chi connectivity index (χ0) is 16.1. The van der Waals surface area contributed by atoms with Crippen molar-refractivity contribution in [3.8, 4) is 5.75 Å². The summed E-state index contributed by atoms with van der Waals surface area (Å²) in [5.74, 6) is 0.0966. The van der Waals surface area contributed by atoms with Crippen molar-refractivity contribution in [2.75, 3.05) is 25.1 Å². The molecule has 1 aliphatic rings. The second-order valence-corrected chi connectivity index (χ2v) is 5.80. The molecule has 1 fully saturated rings. The number of carbonyl (C=O) groups excluding carboxylic acids is 2. The lowest BCUT2D eigenvalue weighted by atomic mass is 10.1. The number of nitrogens with one attached hydrogen (secondary N) is 1. The number of hydrogen-bond donors (Lipinski definition) is 1. The van der Waals surface area contributed by atoms with Crippen LogP contribution in [0.5, 0.6) is 5.75 Å². The van der Waals surface area contributed by atoms with Gasteiger partial charge in [0.15, 0.2) is 0 Å². The first kappa shape index (κ1) is 16.6. The molecule has 120 valence electrons. The largest absolute Gasteiger partial charge is 0.495 e. The molecule has 1 aromatic rings. The Morgan fingerprint density at radius 3 is 2.95 bits per heavy atom. The number of unbranched alkanes of at least 4 members (excludes halogenated alkanes) is 1. The standard InChI is InChI=1S/C16H21ClN2O3/c1-3-4-7-18-16(21)11-8-15(20)19(10-11)13-9-12(17)5-6-14(13)22-2/h5-6,9,11H,3-4,7-8,10H2,1-2H3,(H,18,21). The minimum atomic E-state index is -0.326. The normalized spacial score (nSPS) is 17.7. The van der Waals surface area contributed by atoms with E-state index in [4.69, 9.17) is 16.3 Å². The highest BCUT2D eigenvalue weighted by atomic mass is 35.5. The number of benzene rings is 1. The van der Waals surface area contributed by atoms with Crippen molar-refractivity contribution >= 4 is 29.1 Å². The van der Waals surface area contributed by atoms with Crippen molar-refractivity contribution in [1.29, 1.82) is 0 Å². The molecule has 0 saturated carbocycles. The third-order valence-corrected chi connectivity index (χ3v) is 3.99. The Hall–Kier alpha value is -1.75. The highest BCUT2D eigenvalue weighted by Crippen LogP contribution is 2.35. The molecule has 5 nitrogen and oxygen atoms in total. The Labute approximate surface area is 135 Å². The smallest absolute Gasteiger partial charge is 0.227 e. The Kier molecular flexibility index (Phi) is 5.66. The molecule has 1 aromatic carbocycles. The van der Waals surface area contributed by atoms with Crippen molar-refractivity contribution in [2.24, 2.45) is 5.92 Å². The summed E-state index contributed by atoms with van der Waals surface area (Å²) in [6.45, 7) is 3.08. The second kappa shape index (κ2) is 7.49. The van der Waals surface area contributed by atoms with Crippen LogP contribution in [-0.4, -0.2) is 32.0 Å². The molecule has 1 N–H and O–H groups in total. The van der Waals surface area contributed by atoms with Crippen LogP contribution in [-0.2, 0) is 9.59 Å². The molecule has 0 spiro atoms. The summed E-state index contributed by atoms with van der Waals surface area (Å²) in [5, 5.41) is 3.41. The minimum Gasteiger partial charge on any atom is -0.495 e. The van der Waals surface area contributed by atoms with Gasteiger partial charge < -0.3 is 15.0 Å². The van der Waals surface area contributed by atoms with Gasteiger partial charge in [0.05, 0.1) is 18.7 Å². The summed E-state index contributed by atoms with van der Waals surface area (Å²) in [4.78, 5) is 25.9. The predicted octanol–water partition coefficient (Wildman–Crippen LogP) is 2.62. The van der Waals surface area contributed by atoms with Crippen LogP contribution in [0, 0.1) is 5.92 Å². The minimum absolute atomic E-state index is 0.0645. The lowest BCUT2D eigenvalue weighted by Gasteiger charge is -2.19. The summed E-state index contributed by atoms with van der Waals surface area (Å²) in [6.07, 6.45) is 2.18. The highest BCUT2D eigenvalue weighted by molar-refractivity contribution is 6.31. The molecule has 22 heavy (non-hydrogen) atoms. The Balaban J connectivity index is 2.09. The van der Waals surface area contributed by atoms with Crippen LogP contribution in [0.1, 0.15) is 26.2 Å². The number of ether oxygens (including phenoxy) is 1. The summed E-state index contributed by atoms with van der Waals surface area (Å²) >= 11 is 6.01. The van der Waals surface area contributed by atoms with Gasteiger partial charge in [-0.1, -0.05) is 24.9 Å². The maximum atomic E-state index is 12.2. The number of hydrogen-bond acceptors (Lipinski definition) is 3. The predicted molar refractivity (Wildman–Crippen MR) is 86.4 cm³/mol. The summed E-state index contributed by atoms with van der Waals surface area (Å²) in [5.41, 5.74) is 0.615. The molecule has 2 rings (SSSR count). The molecule has 0 radical (unpaired) electrons. The Bertz CT molecular complexity index is 562. The molecule has 1 heterocycles. The molecule has 0 aromatic heterocycles. The van der Waals surface area contributed by atoms with Crippen molar-refractivity contribution in [1.82, 2.24) is 5.32 Å². The number of anilines is 1. The van der Waals surface area contributed by atoms with Gasteiger partial charge in [0.1, 0.15) is 5.75 Å². The summed E-state index contributed by atoms with van der Waals surface area (Å²) in [7, 11) is 1.54. The third kappa shape index (κ3) is 3.71. The van der Waals surface area contributed by atoms with Gasteiger partial charge >= 0.3 is 0 Å². The molecule has 0 aliphatic carbocycles. The molecule has 1 aliphatic heterocycles. The van der Waals surface area contributed by atoms with E-state index >= 15 is 0 Å². The number of halogens is 1. The van der Waals surface area contributed by atoms with Gasteiger partial charge in [-0.05, 0) is 24.6 Å². The quantitative estimate of drug-likeness (QED) is 0.818.